The van der Waals surface area contributed by atoms with Gasteiger partial charge in [0.15, 0.2) is 0 Å². The first-order chi connectivity index (χ1) is 9.05. The molecule has 0 aliphatic rings. The van der Waals surface area contributed by atoms with E-state index in [4.69, 9.17) is 11.6 Å². The Balaban J connectivity index is 3.44. The molecule has 0 unspecified atom stereocenters. The number of halogens is 1. The molecule has 1 rings (SSSR count). The smallest absolute Gasteiger partial charge is 0.324 e. The second-order valence-electron chi connectivity index (χ2n) is 4.94. The average molecular weight is 320 g/mol. The van der Waals surface area contributed by atoms with Crippen LogP contribution in [0.5, 0.6) is 0 Å². The fourth-order valence-electron chi connectivity index (χ4n) is 1.99. The van der Waals surface area contributed by atoms with E-state index in [1.54, 1.807) is 13.8 Å². The van der Waals surface area contributed by atoms with Crippen LogP contribution in [0.25, 0.3) is 0 Å². The van der Waals surface area contributed by atoms with Crippen molar-refractivity contribution in [3.63, 3.8) is 0 Å². The van der Waals surface area contributed by atoms with Crippen LogP contribution >= 0.6 is 11.6 Å². The number of aliphatic carboxylic acids is 1. The molecule has 0 saturated heterocycles. The Morgan fingerprint density at radius 2 is 1.95 bits per heavy atom. The van der Waals surface area contributed by atoms with Gasteiger partial charge in [0.05, 0.1) is 4.90 Å². The maximum absolute atomic E-state index is 12.7. The van der Waals surface area contributed by atoms with Gasteiger partial charge >= 0.3 is 5.97 Å². The number of likely N-dealkylation sites (N-methyl/N-ethyl adjacent to an activating group) is 1. The summed E-state index contributed by atoms with van der Waals surface area (Å²) in [5.74, 6) is -1.20. The first-order valence-corrected chi connectivity index (χ1v) is 7.89. The topological polar surface area (TPSA) is 74.7 Å². The molecule has 0 fully saturated rings. The van der Waals surface area contributed by atoms with Crippen LogP contribution in [-0.2, 0) is 14.8 Å². The normalized spacial score (nSPS) is 12.7. The molecule has 0 bridgehead atoms. The summed E-state index contributed by atoms with van der Waals surface area (Å²) in [5, 5.41) is 9.67. The molecule has 1 aromatic carbocycles. The van der Waals surface area contributed by atoms with E-state index in [2.05, 4.69) is 0 Å². The van der Waals surface area contributed by atoms with Gasteiger partial charge in [0.25, 0.3) is 0 Å². The summed E-state index contributed by atoms with van der Waals surface area (Å²) in [4.78, 5) is 11.4. The minimum absolute atomic E-state index is 0.0592. The summed E-state index contributed by atoms with van der Waals surface area (Å²) in [6, 6.07) is 4.41. The van der Waals surface area contributed by atoms with E-state index in [1.807, 2.05) is 0 Å². The van der Waals surface area contributed by atoms with Gasteiger partial charge in [0, 0.05) is 11.6 Å². The number of nitrogens with zero attached hydrogens (tertiary/aromatic N) is 1. The molecule has 1 aromatic rings. The van der Waals surface area contributed by atoms with Crippen LogP contribution in [-0.4, -0.2) is 35.9 Å². The van der Waals surface area contributed by atoms with Crippen molar-refractivity contribution in [3.05, 3.63) is 28.8 Å². The number of hydrogen-bond donors (Lipinski definition) is 1. The van der Waals surface area contributed by atoms with Crippen molar-refractivity contribution in [1.29, 1.82) is 0 Å². The van der Waals surface area contributed by atoms with Gasteiger partial charge in [0.1, 0.15) is 5.54 Å². The van der Waals surface area contributed by atoms with Gasteiger partial charge in [-0.15, -0.1) is 0 Å². The van der Waals surface area contributed by atoms with Gasteiger partial charge in [0.2, 0.25) is 10.0 Å². The molecule has 7 heteroatoms. The summed E-state index contributed by atoms with van der Waals surface area (Å²) in [7, 11) is -3.91. The third kappa shape index (κ3) is 2.97. The van der Waals surface area contributed by atoms with E-state index in [9.17, 15) is 18.3 Å². The van der Waals surface area contributed by atoms with E-state index in [-0.39, 0.29) is 11.4 Å². The van der Waals surface area contributed by atoms with Crippen molar-refractivity contribution in [2.45, 2.75) is 38.1 Å². The fraction of sp³-hybridized carbons (Fsp3) is 0.462. The Labute approximate surface area is 124 Å². The van der Waals surface area contributed by atoms with Crippen LogP contribution in [0.4, 0.5) is 0 Å². The summed E-state index contributed by atoms with van der Waals surface area (Å²) < 4.78 is 26.3. The predicted molar refractivity (Wildman–Crippen MR) is 77.5 cm³/mol. The number of rotatable bonds is 5. The van der Waals surface area contributed by atoms with E-state index in [0.29, 0.717) is 10.6 Å². The van der Waals surface area contributed by atoms with Gasteiger partial charge in [-0.05, 0) is 44.5 Å². The van der Waals surface area contributed by atoms with Crippen molar-refractivity contribution in [1.82, 2.24) is 4.31 Å². The maximum atomic E-state index is 12.7. The van der Waals surface area contributed by atoms with Crippen molar-refractivity contribution in [3.8, 4) is 0 Å². The first-order valence-electron chi connectivity index (χ1n) is 6.07. The van der Waals surface area contributed by atoms with E-state index < -0.39 is 21.5 Å². The standard InChI is InChI=1S/C13H18ClNO4S/c1-5-15(13(3,4)12(16)17)20(18,19)11-7-6-10(14)8-9(11)2/h6-8H,5H2,1-4H3,(H,16,17). The molecule has 0 radical (unpaired) electrons. The maximum Gasteiger partial charge on any atom is 0.324 e. The molecule has 0 spiro atoms. The third-order valence-corrected chi connectivity index (χ3v) is 5.68. The predicted octanol–water partition coefficient (Wildman–Crippen LogP) is 2.52. The summed E-state index contributed by atoms with van der Waals surface area (Å²) >= 11 is 5.82. The van der Waals surface area contributed by atoms with Gasteiger partial charge in [-0.2, -0.15) is 4.31 Å². The lowest BCUT2D eigenvalue weighted by atomic mass is 10.1. The summed E-state index contributed by atoms with van der Waals surface area (Å²) in [5.41, 5.74) is -1.04. The highest BCUT2D eigenvalue weighted by Crippen LogP contribution is 2.28. The lowest BCUT2D eigenvalue weighted by molar-refractivity contribution is -0.146. The Kier molecular flexibility index (Phi) is 4.84. The molecular formula is C13H18ClNO4S. The van der Waals surface area contributed by atoms with Crippen LogP contribution < -0.4 is 0 Å². The molecule has 1 N–H and O–H groups in total. The molecule has 0 atom stereocenters. The third-order valence-electron chi connectivity index (χ3n) is 3.14. The summed E-state index contributed by atoms with van der Waals surface area (Å²) in [6.45, 7) is 6.01. The molecular weight excluding hydrogens is 302 g/mol. The van der Waals surface area contributed by atoms with Gasteiger partial charge in [-0.3, -0.25) is 4.79 Å². The van der Waals surface area contributed by atoms with E-state index in [0.717, 1.165) is 4.31 Å². The monoisotopic (exact) mass is 319 g/mol. The Bertz CT molecular complexity index is 625. The second kappa shape index (κ2) is 5.71. The van der Waals surface area contributed by atoms with Crippen molar-refractivity contribution >= 4 is 27.6 Å². The van der Waals surface area contributed by atoms with Gasteiger partial charge < -0.3 is 5.11 Å². The number of carboxylic acid groups (broad SMARTS) is 1. The van der Waals surface area contributed by atoms with Crippen molar-refractivity contribution in [2.24, 2.45) is 0 Å². The van der Waals surface area contributed by atoms with Crippen LogP contribution in [0.15, 0.2) is 23.1 Å². The lowest BCUT2D eigenvalue weighted by Gasteiger charge is -2.33. The average Bonchev–Trinajstić information content (AvgIpc) is 2.27. The number of sulfonamides is 1. The quantitative estimate of drug-likeness (QED) is 0.905. The highest BCUT2D eigenvalue weighted by molar-refractivity contribution is 7.89. The summed E-state index contributed by atoms with van der Waals surface area (Å²) in [6.07, 6.45) is 0. The molecule has 0 amide bonds. The van der Waals surface area contributed by atoms with Crippen LogP contribution in [0, 0.1) is 6.92 Å². The second-order valence-corrected chi connectivity index (χ2v) is 7.21. The van der Waals surface area contributed by atoms with E-state index >= 15 is 0 Å². The zero-order valence-electron chi connectivity index (χ0n) is 11.8. The van der Waals surface area contributed by atoms with Crippen LogP contribution in [0.1, 0.15) is 26.3 Å². The Morgan fingerprint density at radius 1 is 1.40 bits per heavy atom. The number of aryl methyl sites for hydroxylation is 1. The minimum atomic E-state index is -3.91. The molecule has 112 valence electrons. The molecule has 0 aromatic heterocycles. The lowest BCUT2D eigenvalue weighted by Crippen LogP contribution is -2.52. The Morgan fingerprint density at radius 3 is 2.35 bits per heavy atom. The largest absolute Gasteiger partial charge is 0.480 e. The number of hydrogen-bond acceptors (Lipinski definition) is 3. The zero-order valence-corrected chi connectivity index (χ0v) is 13.4. The van der Waals surface area contributed by atoms with E-state index in [1.165, 1.54) is 32.0 Å². The van der Waals surface area contributed by atoms with Gasteiger partial charge in [-0.25, -0.2) is 8.42 Å². The van der Waals surface area contributed by atoms with Crippen molar-refractivity contribution < 1.29 is 18.3 Å². The zero-order chi connectivity index (χ0) is 15.7. The number of carboxylic acids is 1. The molecule has 0 heterocycles. The first kappa shape index (κ1) is 16.9. The highest BCUT2D eigenvalue weighted by atomic mass is 35.5. The molecule has 20 heavy (non-hydrogen) atoms. The molecule has 0 saturated carbocycles. The van der Waals surface area contributed by atoms with Crippen molar-refractivity contribution in [2.75, 3.05) is 6.54 Å². The Hall–Kier alpha value is -1.11. The number of carbonyl (C=O) groups is 1. The molecule has 0 aliphatic carbocycles. The minimum Gasteiger partial charge on any atom is -0.480 e. The number of benzene rings is 1. The van der Waals surface area contributed by atoms with Gasteiger partial charge in [-0.1, -0.05) is 18.5 Å². The van der Waals surface area contributed by atoms with Crippen LogP contribution in [0.3, 0.4) is 0 Å². The SMILES string of the molecule is CCN(C(C)(C)C(=O)O)S(=O)(=O)c1ccc(Cl)cc1C. The highest BCUT2D eigenvalue weighted by Gasteiger charge is 2.42. The molecule has 0 aliphatic heterocycles. The fourth-order valence-corrected chi connectivity index (χ4v) is 4.18. The molecule has 5 nitrogen and oxygen atoms in total. The van der Waals surface area contributed by atoms with Crippen LogP contribution in [0.2, 0.25) is 5.02 Å².